The van der Waals surface area contributed by atoms with E-state index in [2.05, 4.69) is 9.32 Å². The molecule has 1 aromatic rings. The second-order valence-corrected chi connectivity index (χ2v) is 4.12. The molecule has 14 heavy (non-hydrogen) atoms. The summed E-state index contributed by atoms with van der Waals surface area (Å²) in [7, 11) is -4.03. The van der Waals surface area contributed by atoms with E-state index < -0.39 is 10.3 Å². The molecule has 0 amide bonds. The van der Waals surface area contributed by atoms with Gasteiger partial charge in [-0.15, -0.1) is 0 Å². The molecule has 0 spiro atoms. The van der Waals surface area contributed by atoms with Crippen LogP contribution in [-0.2, 0) is 21.1 Å². The SMILES string of the molecule is NS(=O)(=O)OCc1c(O)cccc1Cl. The summed E-state index contributed by atoms with van der Waals surface area (Å²) in [5, 5.41) is 14.1. The summed E-state index contributed by atoms with van der Waals surface area (Å²) < 4.78 is 25.2. The fourth-order valence-corrected chi connectivity index (χ4v) is 1.34. The molecule has 0 heterocycles. The van der Waals surface area contributed by atoms with E-state index in [1.54, 1.807) is 0 Å². The molecule has 0 fully saturated rings. The molecule has 78 valence electrons. The van der Waals surface area contributed by atoms with Crippen LogP contribution in [0.1, 0.15) is 5.56 Å². The fourth-order valence-electron chi connectivity index (χ4n) is 0.831. The van der Waals surface area contributed by atoms with Crippen molar-refractivity contribution in [1.29, 1.82) is 0 Å². The van der Waals surface area contributed by atoms with Crippen molar-refractivity contribution in [1.82, 2.24) is 0 Å². The highest BCUT2D eigenvalue weighted by atomic mass is 35.5. The van der Waals surface area contributed by atoms with Crippen LogP contribution in [-0.4, -0.2) is 13.5 Å². The summed E-state index contributed by atoms with van der Waals surface area (Å²) in [5.74, 6) is -0.138. The average Bonchev–Trinajstić information content (AvgIpc) is 2.01. The van der Waals surface area contributed by atoms with Crippen LogP contribution in [0.4, 0.5) is 0 Å². The fraction of sp³-hybridized carbons (Fsp3) is 0.143. The van der Waals surface area contributed by atoms with E-state index in [-0.39, 0.29) is 22.9 Å². The van der Waals surface area contributed by atoms with Crippen LogP contribution in [0, 0.1) is 0 Å². The Kier molecular flexibility index (Phi) is 3.33. The number of hydrogen-bond acceptors (Lipinski definition) is 4. The van der Waals surface area contributed by atoms with Crippen molar-refractivity contribution in [3.05, 3.63) is 28.8 Å². The molecule has 0 atom stereocenters. The Morgan fingerprint density at radius 1 is 1.50 bits per heavy atom. The van der Waals surface area contributed by atoms with E-state index in [1.807, 2.05) is 0 Å². The van der Waals surface area contributed by atoms with Gasteiger partial charge in [-0.2, -0.15) is 8.42 Å². The summed E-state index contributed by atoms with van der Waals surface area (Å²) in [4.78, 5) is 0. The minimum atomic E-state index is -4.03. The molecule has 0 aliphatic heterocycles. The lowest BCUT2D eigenvalue weighted by Gasteiger charge is -2.05. The minimum Gasteiger partial charge on any atom is -0.508 e. The van der Waals surface area contributed by atoms with Crippen LogP contribution < -0.4 is 5.14 Å². The summed E-state index contributed by atoms with van der Waals surface area (Å²) >= 11 is 5.68. The second-order valence-electron chi connectivity index (χ2n) is 2.49. The number of phenolic OH excluding ortho intramolecular Hbond substituents is 1. The normalized spacial score (nSPS) is 11.6. The molecule has 0 aromatic heterocycles. The van der Waals surface area contributed by atoms with Gasteiger partial charge in [-0.1, -0.05) is 17.7 Å². The van der Waals surface area contributed by atoms with Crippen molar-refractivity contribution in [3.8, 4) is 5.75 Å². The molecule has 3 N–H and O–H groups in total. The molecule has 5 nitrogen and oxygen atoms in total. The third kappa shape index (κ3) is 3.15. The molecule has 0 radical (unpaired) electrons. The molecule has 0 saturated carbocycles. The van der Waals surface area contributed by atoms with Crippen molar-refractivity contribution in [2.45, 2.75) is 6.61 Å². The zero-order valence-electron chi connectivity index (χ0n) is 6.97. The number of hydrogen-bond donors (Lipinski definition) is 2. The number of halogens is 1. The van der Waals surface area contributed by atoms with Gasteiger partial charge in [0.05, 0.1) is 6.61 Å². The number of aromatic hydroxyl groups is 1. The first-order chi connectivity index (χ1) is 6.40. The van der Waals surface area contributed by atoms with Crippen LogP contribution in [0.2, 0.25) is 5.02 Å². The van der Waals surface area contributed by atoms with E-state index in [9.17, 15) is 13.5 Å². The third-order valence-electron chi connectivity index (χ3n) is 1.46. The van der Waals surface area contributed by atoms with Gasteiger partial charge in [-0.05, 0) is 12.1 Å². The maximum Gasteiger partial charge on any atom is 0.333 e. The van der Waals surface area contributed by atoms with Gasteiger partial charge in [-0.3, -0.25) is 4.18 Å². The van der Waals surface area contributed by atoms with E-state index in [0.717, 1.165) is 0 Å². The number of nitrogens with two attached hydrogens (primary N) is 1. The molecule has 0 bridgehead atoms. The predicted molar refractivity (Wildman–Crippen MR) is 51.0 cm³/mol. The van der Waals surface area contributed by atoms with Crippen molar-refractivity contribution in [3.63, 3.8) is 0 Å². The molecule has 7 heteroatoms. The Bertz CT molecular complexity index is 411. The Balaban J connectivity index is 2.87. The van der Waals surface area contributed by atoms with Gasteiger partial charge in [0.1, 0.15) is 5.75 Å². The first-order valence-electron chi connectivity index (χ1n) is 3.53. The molecule has 0 aliphatic rings. The van der Waals surface area contributed by atoms with Crippen LogP contribution in [0.15, 0.2) is 18.2 Å². The zero-order chi connectivity index (χ0) is 10.8. The first kappa shape index (κ1) is 11.3. The molecule has 0 saturated heterocycles. The quantitative estimate of drug-likeness (QED) is 0.812. The van der Waals surface area contributed by atoms with Crippen molar-refractivity contribution >= 4 is 21.9 Å². The average molecular weight is 238 g/mol. The molecule has 1 aromatic carbocycles. The molecular weight excluding hydrogens is 230 g/mol. The summed E-state index contributed by atoms with van der Waals surface area (Å²) in [6.07, 6.45) is 0. The third-order valence-corrected chi connectivity index (χ3v) is 2.26. The molecule has 0 aliphatic carbocycles. The zero-order valence-corrected chi connectivity index (χ0v) is 8.55. The smallest absolute Gasteiger partial charge is 0.333 e. The Hall–Kier alpha value is -0.820. The Morgan fingerprint density at radius 3 is 2.64 bits per heavy atom. The number of benzene rings is 1. The van der Waals surface area contributed by atoms with Crippen LogP contribution in [0.25, 0.3) is 0 Å². The molecule has 1 rings (SSSR count). The monoisotopic (exact) mass is 237 g/mol. The lowest BCUT2D eigenvalue weighted by Crippen LogP contribution is -2.15. The standard InChI is InChI=1S/C7H8ClNO4S/c8-6-2-1-3-7(10)5(6)4-13-14(9,11)12/h1-3,10H,4H2,(H2,9,11,12). The van der Waals surface area contributed by atoms with Gasteiger partial charge in [0.25, 0.3) is 0 Å². The van der Waals surface area contributed by atoms with Crippen molar-refractivity contribution < 1.29 is 17.7 Å². The lowest BCUT2D eigenvalue weighted by molar-refractivity contribution is 0.302. The largest absolute Gasteiger partial charge is 0.508 e. The maximum absolute atomic E-state index is 10.5. The van der Waals surface area contributed by atoms with Gasteiger partial charge in [-0.25, -0.2) is 5.14 Å². The summed E-state index contributed by atoms with van der Waals surface area (Å²) in [6, 6.07) is 4.40. The topological polar surface area (TPSA) is 89.6 Å². The van der Waals surface area contributed by atoms with Crippen molar-refractivity contribution in [2.24, 2.45) is 5.14 Å². The Labute approximate surface area is 86.3 Å². The Morgan fingerprint density at radius 2 is 2.14 bits per heavy atom. The van der Waals surface area contributed by atoms with E-state index in [4.69, 9.17) is 11.6 Å². The van der Waals surface area contributed by atoms with Crippen LogP contribution in [0.5, 0.6) is 5.75 Å². The van der Waals surface area contributed by atoms with Gasteiger partial charge in [0, 0.05) is 10.6 Å². The summed E-state index contributed by atoms with van der Waals surface area (Å²) in [6.45, 7) is -0.385. The van der Waals surface area contributed by atoms with E-state index in [1.165, 1.54) is 18.2 Å². The number of rotatable bonds is 3. The first-order valence-corrected chi connectivity index (χ1v) is 5.38. The lowest BCUT2D eigenvalue weighted by atomic mass is 10.2. The van der Waals surface area contributed by atoms with Crippen molar-refractivity contribution in [2.75, 3.05) is 0 Å². The van der Waals surface area contributed by atoms with E-state index in [0.29, 0.717) is 0 Å². The van der Waals surface area contributed by atoms with Gasteiger partial charge < -0.3 is 5.11 Å². The van der Waals surface area contributed by atoms with Gasteiger partial charge in [0.2, 0.25) is 0 Å². The maximum atomic E-state index is 10.5. The highest BCUT2D eigenvalue weighted by molar-refractivity contribution is 7.84. The van der Waals surface area contributed by atoms with Crippen LogP contribution in [0.3, 0.4) is 0 Å². The molecular formula is C7H8ClNO4S. The second kappa shape index (κ2) is 4.14. The minimum absolute atomic E-state index is 0.138. The van der Waals surface area contributed by atoms with Gasteiger partial charge in [0.15, 0.2) is 0 Å². The van der Waals surface area contributed by atoms with Crippen LogP contribution >= 0.6 is 11.6 Å². The highest BCUT2D eigenvalue weighted by Gasteiger charge is 2.09. The molecule has 0 unspecified atom stereocenters. The number of phenols is 1. The predicted octanol–water partition coefficient (Wildman–Crippen LogP) is 0.766. The van der Waals surface area contributed by atoms with E-state index >= 15 is 0 Å². The summed E-state index contributed by atoms with van der Waals surface area (Å²) in [5.41, 5.74) is 0.184. The van der Waals surface area contributed by atoms with Gasteiger partial charge >= 0.3 is 10.3 Å². The highest BCUT2D eigenvalue weighted by Crippen LogP contribution is 2.25.